The van der Waals surface area contributed by atoms with Gasteiger partial charge in [-0.05, 0) is 31.8 Å². The van der Waals surface area contributed by atoms with E-state index in [-0.39, 0.29) is 11.0 Å². The first-order valence-corrected chi connectivity index (χ1v) is 11.1. The normalized spacial score (nSPS) is 15.8. The Kier molecular flexibility index (Phi) is 6.30. The van der Waals surface area contributed by atoms with Gasteiger partial charge in [0.2, 0.25) is 0 Å². The Bertz CT molecular complexity index is 916. The Hall–Kier alpha value is -2.59. The van der Waals surface area contributed by atoms with Crippen molar-refractivity contribution in [1.29, 1.82) is 0 Å². The molecule has 1 heterocycles. The van der Waals surface area contributed by atoms with Crippen LogP contribution in [0.1, 0.15) is 32.6 Å². The number of rotatable bonds is 7. The lowest BCUT2D eigenvalue weighted by Crippen LogP contribution is -2.10. The first-order valence-electron chi connectivity index (χ1n) is 10.2. The average molecular weight is 404 g/mol. The summed E-state index contributed by atoms with van der Waals surface area (Å²) >= 11 is 1.38. The number of aromatic nitrogens is 1. The minimum atomic E-state index is -0.237. The number of oxazole rings is 1. The second-order valence-electron chi connectivity index (χ2n) is 7.46. The number of thioether (sulfide) groups is 1. The van der Waals surface area contributed by atoms with Crippen molar-refractivity contribution in [3.8, 4) is 22.6 Å². The summed E-state index contributed by atoms with van der Waals surface area (Å²) in [5.41, 5.74) is 2.79. The van der Waals surface area contributed by atoms with Crippen molar-refractivity contribution in [3.05, 3.63) is 72.8 Å². The van der Waals surface area contributed by atoms with Gasteiger partial charge in [-0.3, -0.25) is 4.79 Å². The summed E-state index contributed by atoms with van der Waals surface area (Å²) in [6.07, 6.45) is 8.79. The Morgan fingerprint density at radius 1 is 1.03 bits per heavy atom. The molecule has 1 saturated carbocycles. The highest BCUT2D eigenvalue weighted by molar-refractivity contribution is 8.00. The van der Waals surface area contributed by atoms with Gasteiger partial charge in [-0.15, -0.1) is 0 Å². The largest absolute Gasteiger partial charge is 0.431 e. The molecule has 0 radical (unpaired) electrons. The van der Waals surface area contributed by atoms with Crippen LogP contribution in [-0.2, 0) is 4.79 Å². The number of hydrogen-bond acceptors (Lipinski definition) is 4. The van der Waals surface area contributed by atoms with Crippen LogP contribution in [0.15, 0.2) is 82.5 Å². The lowest BCUT2D eigenvalue weighted by Gasteiger charge is -2.05. The molecule has 0 N–H and O–H groups in total. The third kappa shape index (κ3) is 4.88. The number of ketones is 1. The number of nitrogens with zero attached hydrogens (tertiary/aromatic N) is 1. The summed E-state index contributed by atoms with van der Waals surface area (Å²) in [5.74, 6) is 1.41. The van der Waals surface area contributed by atoms with Gasteiger partial charge in [-0.1, -0.05) is 91.3 Å². The van der Waals surface area contributed by atoms with Crippen molar-refractivity contribution in [2.24, 2.45) is 5.92 Å². The van der Waals surface area contributed by atoms with Crippen LogP contribution in [0.3, 0.4) is 0 Å². The van der Waals surface area contributed by atoms with Gasteiger partial charge in [-0.2, -0.15) is 0 Å². The summed E-state index contributed by atoms with van der Waals surface area (Å²) in [5, 5.41) is 0.288. The van der Waals surface area contributed by atoms with Crippen molar-refractivity contribution in [2.45, 2.75) is 43.1 Å². The standard InChI is InChI=1S/C25H25NO2S/c1-18(22(27)17-16-19-10-8-9-11-19)29-25-26-23(20-12-4-2-5-13-20)24(28-25)21-14-6-3-7-15-21/h2-7,12-19H,8-11H2,1H3/b17-16+. The van der Waals surface area contributed by atoms with Crippen LogP contribution < -0.4 is 0 Å². The third-order valence-electron chi connectivity index (χ3n) is 5.30. The molecule has 1 aromatic heterocycles. The van der Waals surface area contributed by atoms with Crippen LogP contribution in [0.2, 0.25) is 0 Å². The van der Waals surface area contributed by atoms with E-state index in [2.05, 4.69) is 6.08 Å². The van der Waals surface area contributed by atoms with Crippen LogP contribution in [0.5, 0.6) is 0 Å². The van der Waals surface area contributed by atoms with Gasteiger partial charge in [0.15, 0.2) is 11.5 Å². The number of hydrogen-bond donors (Lipinski definition) is 0. The molecule has 1 aliphatic carbocycles. The molecule has 29 heavy (non-hydrogen) atoms. The Balaban J connectivity index is 1.56. The summed E-state index contributed by atoms with van der Waals surface area (Å²) < 4.78 is 6.13. The zero-order valence-corrected chi connectivity index (χ0v) is 17.4. The number of carbonyl (C=O) groups excluding carboxylic acids is 1. The highest BCUT2D eigenvalue weighted by atomic mass is 32.2. The van der Waals surface area contributed by atoms with Crippen molar-refractivity contribution in [3.63, 3.8) is 0 Å². The summed E-state index contributed by atoms with van der Waals surface area (Å²) in [4.78, 5) is 17.3. The molecule has 1 atom stereocenters. The topological polar surface area (TPSA) is 43.1 Å². The monoisotopic (exact) mass is 403 g/mol. The van der Waals surface area contributed by atoms with Gasteiger partial charge in [0.1, 0.15) is 5.69 Å². The molecule has 0 amide bonds. The lowest BCUT2D eigenvalue weighted by molar-refractivity contribution is -0.113. The summed E-state index contributed by atoms with van der Waals surface area (Å²) in [6.45, 7) is 1.92. The maximum atomic E-state index is 12.6. The Morgan fingerprint density at radius 3 is 2.31 bits per heavy atom. The maximum Gasteiger partial charge on any atom is 0.257 e. The molecule has 1 aliphatic rings. The molecule has 4 rings (SSSR count). The molecule has 4 heteroatoms. The van der Waals surface area contributed by atoms with Gasteiger partial charge >= 0.3 is 0 Å². The van der Waals surface area contributed by atoms with Crippen LogP contribution in [0, 0.1) is 5.92 Å². The first kappa shape index (κ1) is 19.7. The van der Waals surface area contributed by atoms with E-state index in [1.807, 2.05) is 67.6 Å². The number of allylic oxidation sites excluding steroid dienone is 2. The lowest BCUT2D eigenvalue weighted by atomic mass is 10.1. The van der Waals surface area contributed by atoms with Crippen LogP contribution >= 0.6 is 11.8 Å². The van der Waals surface area contributed by atoms with E-state index in [1.165, 1.54) is 37.4 Å². The van der Waals surface area contributed by atoms with Gasteiger partial charge in [-0.25, -0.2) is 4.98 Å². The SMILES string of the molecule is CC(Sc1nc(-c2ccccc2)c(-c2ccccc2)o1)C(=O)/C=C/C1CCCC1. The number of carbonyl (C=O) groups is 1. The molecule has 2 aromatic carbocycles. The first-order chi connectivity index (χ1) is 14.2. The van der Waals surface area contributed by atoms with E-state index >= 15 is 0 Å². The van der Waals surface area contributed by atoms with Gasteiger partial charge in [0, 0.05) is 11.1 Å². The maximum absolute atomic E-state index is 12.6. The molecule has 0 spiro atoms. The highest BCUT2D eigenvalue weighted by Crippen LogP contribution is 2.36. The van der Waals surface area contributed by atoms with Crippen LogP contribution in [0.4, 0.5) is 0 Å². The zero-order valence-electron chi connectivity index (χ0n) is 16.6. The fraction of sp³-hybridized carbons (Fsp3) is 0.280. The molecule has 0 saturated heterocycles. The quantitative estimate of drug-likeness (QED) is 0.321. The van der Waals surface area contributed by atoms with Gasteiger partial charge < -0.3 is 4.42 Å². The fourth-order valence-corrected chi connectivity index (χ4v) is 4.43. The van der Waals surface area contributed by atoms with Crippen molar-refractivity contribution in [2.75, 3.05) is 0 Å². The van der Waals surface area contributed by atoms with Crippen molar-refractivity contribution in [1.82, 2.24) is 4.98 Å². The predicted octanol–water partition coefficient (Wildman–Crippen LogP) is 6.80. The van der Waals surface area contributed by atoms with E-state index < -0.39 is 0 Å². The van der Waals surface area contributed by atoms with E-state index in [9.17, 15) is 4.79 Å². The van der Waals surface area contributed by atoms with Gasteiger partial charge in [0.05, 0.1) is 5.25 Å². The van der Waals surface area contributed by atoms with Crippen molar-refractivity contribution >= 4 is 17.5 Å². The molecular weight excluding hydrogens is 378 g/mol. The molecule has 1 fully saturated rings. The van der Waals surface area contributed by atoms with E-state index in [0.717, 1.165) is 22.6 Å². The van der Waals surface area contributed by atoms with E-state index in [1.54, 1.807) is 6.08 Å². The Labute approximate surface area is 176 Å². The fourth-order valence-electron chi connectivity index (χ4n) is 3.65. The molecule has 0 aliphatic heterocycles. The molecule has 148 valence electrons. The smallest absolute Gasteiger partial charge is 0.257 e. The minimum Gasteiger partial charge on any atom is -0.431 e. The minimum absolute atomic E-state index is 0.114. The second kappa shape index (κ2) is 9.27. The molecular formula is C25H25NO2S. The second-order valence-corrected chi connectivity index (χ2v) is 8.75. The molecule has 3 aromatic rings. The molecule has 3 nitrogen and oxygen atoms in total. The third-order valence-corrected chi connectivity index (χ3v) is 6.26. The summed E-state index contributed by atoms with van der Waals surface area (Å²) in [6, 6.07) is 20.0. The van der Waals surface area contributed by atoms with Crippen LogP contribution in [-0.4, -0.2) is 16.0 Å². The van der Waals surface area contributed by atoms with E-state index in [4.69, 9.17) is 9.40 Å². The molecule has 0 bridgehead atoms. The highest BCUT2D eigenvalue weighted by Gasteiger charge is 2.21. The molecule has 1 unspecified atom stereocenters. The van der Waals surface area contributed by atoms with Gasteiger partial charge in [0.25, 0.3) is 5.22 Å². The number of benzene rings is 2. The predicted molar refractivity (Wildman–Crippen MR) is 119 cm³/mol. The average Bonchev–Trinajstić information content (AvgIpc) is 3.43. The zero-order chi connectivity index (χ0) is 20.1. The van der Waals surface area contributed by atoms with Crippen molar-refractivity contribution < 1.29 is 9.21 Å². The Morgan fingerprint density at radius 2 is 1.66 bits per heavy atom. The summed E-state index contributed by atoms with van der Waals surface area (Å²) in [7, 11) is 0. The van der Waals surface area contributed by atoms with E-state index in [0.29, 0.717) is 11.1 Å². The van der Waals surface area contributed by atoms with Crippen LogP contribution in [0.25, 0.3) is 22.6 Å².